The molecule has 3 aromatic carbocycles. The number of hydrogen-bond donors (Lipinski definition) is 0. The van der Waals surface area contributed by atoms with Crippen LogP contribution >= 0.6 is 11.6 Å². The highest BCUT2D eigenvalue weighted by Crippen LogP contribution is 2.32. The number of benzene rings is 3. The second-order valence-electron chi connectivity index (χ2n) is 9.92. The molecule has 0 saturated carbocycles. The molecule has 0 saturated heterocycles. The Kier molecular flexibility index (Phi) is 7.55. The average Bonchev–Trinajstić information content (AvgIpc) is 2.99. The number of para-hydroxylation sites is 1. The second-order valence-corrected chi connectivity index (χ2v) is 10.3. The van der Waals surface area contributed by atoms with Crippen LogP contribution in [0.4, 0.5) is 10.5 Å². The molecule has 6 nitrogen and oxygen atoms in total. The van der Waals surface area contributed by atoms with Crippen molar-refractivity contribution in [3.8, 4) is 5.75 Å². The monoisotopic (exact) mass is 506 g/mol. The summed E-state index contributed by atoms with van der Waals surface area (Å²) < 4.78 is 11.5. The molecule has 0 fully saturated rings. The summed E-state index contributed by atoms with van der Waals surface area (Å²) in [5, 5.41) is 0.309. The number of anilines is 1. The summed E-state index contributed by atoms with van der Waals surface area (Å²) in [7, 11) is 0. The van der Waals surface area contributed by atoms with E-state index in [2.05, 4.69) is 0 Å². The zero-order chi connectivity index (χ0) is 25.9. The molecule has 188 valence electrons. The highest BCUT2D eigenvalue weighted by Gasteiger charge is 2.34. The molecule has 0 radical (unpaired) electrons. The van der Waals surface area contributed by atoms with E-state index in [4.69, 9.17) is 21.1 Å². The SMILES string of the molecule is C[C@@H]1CN(C(=O)c2ccc(OCc3ccccc3)cc2Cl)c2ccccc2CN1C(=O)OC(C)(C)C. The third-order valence-corrected chi connectivity index (χ3v) is 6.21. The lowest BCUT2D eigenvalue weighted by atomic mass is 10.1. The van der Waals surface area contributed by atoms with Crippen molar-refractivity contribution in [2.45, 2.75) is 52.5 Å². The van der Waals surface area contributed by atoms with E-state index in [-0.39, 0.29) is 11.9 Å². The van der Waals surface area contributed by atoms with Gasteiger partial charge in [0.1, 0.15) is 18.0 Å². The molecule has 4 rings (SSSR count). The molecule has 1 heterocycles. The Bertz CT molecular complexity index is 1240. The van der Waals surface area contributed by atoms with Gasteiger partial charge in [-0.3, -0.25) is 9.69 Å². The van der Waals surface area contributed by atoms with Crippen molar-refractivity contribution in [1.29, 1.82) is 0 Å². The summed E-state index contributed by atoms with van der Waals surface area (Å²) in [6, 6.07) is 22.3. The van der Waals surface area contributed by atoms with Crippen molar-refractivity contribution in [2.75, 3.05) is 11.4 Å². The Morgan fingerprint density at radius 1 is 1.00 bits per heavy atom. The van der Waals surface area contributed by atoms with E-state index in [1.807, 2.05) is 82.3 Å². The number of rotatable bonds is 4. The standard InChI is InChI=1S/C29H31ClN2O4/c1-20-17-32(26-13-9-8-12-22(26)18-31(20)28(34)36-29(2,3)4)27(33)24-15-14-23(16-25(24)30)35-19-21-10-6-5-7-11-21/h5-16,20H,17-19H2,1-4H3/t20-/m1/s1. The van der Waals surface area contributed by atoms with Gasteiger partial charge in [-0.15, -0.1) is 0 Å². The fourth-order valence-corrected chi connectivity index (χ4v) is 4.36. The van der Waals surface area contributed by atoms with Gasteiger partial charge in [0, 0.05) is 12.2 Å². The van der Waals surface area contributed by atoms with E-state index in [1.165, 1.54) is 0 Å². The highest BCUT2D eigenvalue weighted by atomic mass is 35.5. The lowest BCUT2D eigenvalue weighted by Gasteiger charge is -2.31. The molecule has 3 aromatic rings. The number of carbonyl (C=O) groups excluding carboxylic acids is 2. The molecule has 0 aromatic heterocycles. The maximum Gasteiger partial charge on any atom is 0.410 e. The lowest BCUT2D eigenvalue weighted by molar-refractivity contribution is 0.0167. The highest BCUT2D eigenvalue weighted by molar-refractivity contribution is 6.34. The smallest absolute Gasteiger partial charge is 0.410 e. The number of amides is 2. The summed E-state index contributed by atoms with van der Waals surface area (Å²) in [6.45, 7) is 8.49. The zero-order valence-electron chi connectivity index (χ0n) is 21.0. The molecular formula is C29H31ClN2O4. The molecule has 0 unspecified atom stereocenters. The Morgan fingerprint density at radius 2 is 1.69 bits per heavy atom. The first-order valence-corrected chi connectivity index (χ1v) is 12.4. The number of carbonyl (C=O) groups is 2. The fraction of sp³-hybridized carbons (Fsp3) is 0.310. The molecular weight excluding hydrogens is 476 g/mol. The van der Waals surface area contributed by atoms with Gasteiger partial charge in [-0.1, -0.05) is 60.1 Å². The number of hydrogen-bond acceptors (Lipinski definition) is 4. The van der Waals surface area contributed by atoms with Gasteiger partial charge in [-0.05, 0) is 63.1 Å². The Labute approximate surface area is 217 Å². The quantitative estimate of drug-likeness (QED) is 0.395. The van der Waals surface area contributed by atoms with Crippen LogP contribution in [0.2, 0.25) is 5.02 Å². The third-order valence-electron chi connectivity index (χ3n) is 5.89. The summed E-state index contributed by atoms with van der Waals surface area (Å²) >= 11 is 6.57. The van der Waals surface area contributed by atoms with Gasteiger partial charge >= 0.3 is 6.09 Å². The number of nitrogens with zero attached hydrogens (tertiary/aromatic N) is 2. The van der Waals surface area contributed by atoms with Crippen molar-refractivity contribution in [1.82, 2.24) is 4.90 Å². The normalized spacial score (nSPS) is 15.6. The van der Waals surface area contributed by atoms with E-state index < -0.39 is 11.7 Å². The van der Waals surface area contributed by atoms with Crippen molar-refractivity contribution < 1.29 is 19.1 Å². The topological polar surface area (TPSA) is 59.1 Å². The third kappa shape index (κ3) is 6.00. The van der Waals surface area contributed by atoms with E-state index in [0.29, 0.717) is 36.0 Å². The Balaban J connectivity index is 1.57. The van der Waals surface area contributed by atoms with E-state index >= 15 is 0 Å². The van der Waals surface area contributed by atoms with Crippen LogP contribution in [0.5, 0.6) is 5.75 Å². The number of halogens is 1. The summed E-state index contributed by atoms with van der Waals surface area (Å²) in [6.07, 6.45) is -0.406. The summed E-state index contributed by atoms with van der Waals surface area (Å²) in [4.78, 5) is 30.1. The Hall–Kier alpha value is -3.51. The minimum absolute atomic E-state index is 0.236. The van der Waals surface area contributed by atoms with Crippen LogP contribution in [-0.2, 0) is 17.9 Å². The molecule has 0 bridgehead atoms. The number of ether oxygens (including phenoxy) is 2. The molecule has 36 heavy (non-hydrogen) atoms. The van der Waals surface area contributed by atoms with Gasteiger partial charge in [0.25, 0.3) is 5.91 Å². The molecule has 0 aliphatic carbocycles. The van der Waals surface area contributed by atoms with Gasteiger partial charge in [0.15, 0.2) is 0 Å². The predicted molar refractivity (Wildman–Crippen MR) is 142 cm³/mol. The molecule has 0 N–H and O–H groups in total. The maximum absolute atomic E-state index is 13.7. The molecule has 1 atom stereocenters. The van der Waals surface area contributed by atoms with Gasteiger partial charge in [-0.2, -0.15) is 0 Å². The first-order chi connectivity index (χ1) is 17.1. The van der Waals surface area contributed by atoms with Crippen LogP contribution in [0, 0.1) is 0 Å². The minimum Gasteiger partial charge on any atom is -0.489 e. The van der Waals surface area contributed by atoms with Crippen molar-refractivity contribution >= 4 is 29.3 Å². The molecule has 0 spiro atoms. The zero-order valence-corrected chi connectivity index (χ0v) is 21.8. The minimum atomic E-state index is -0.615. The van der Waals surface area contributed by atoms with Gasteiger partial charge in [0.05, 0.1) is 23.2 Å². The van der Waals surface area contributed by atoms with Crippen LogP contribution in [-0.4, -0.2) is 35.1 Å². The van der Waals surface area contributed by atoms with Crippen LogP contribution in [0.3, 0.4) is 0 Å². The van der Waals surface area contributed by atoms with Crippen molar-refractivity contribution in [3.63, 3.8) is 0 Å². The lowest BCUT2D eigenvalue weighted by Crippen LogP contribution is -2.46. The van der Waals surface area contributed by atoms with Crippen LogP contribution < -0.4 is 9.64 Å². The predicted octanol–water partition coefficient (Wildman–Crippen LogP) is 6.71. The van der Waals surface area contributed by atoms with E-state index in [0.717, 1.165) is 16.8 Å². The molecule has 7 heteroatoms. The first kappa shape index (κ1) is 25.6. The van der Waals surface area contributed by atoms with Crippen LogP contribution in [0.1, 0.15) is 49.2 Å². The van der Waals surface area contributed by atoms with Crippen molar-refractivity contribution in [2.24, 2.45) is 0 Å². The molecule has 1 aliphatic heterocycles. The van der Waals surface area contributed by atoms with Gasteiger partial charge in [0.2, 0.25) is 0 Å². The maximum atomic E-state index is 13.7. The summed E-state index contributed by atoms with van der Waals surface area (Å²) in [5.41, 5.74) is 2.41. The molecule has 1 aliphatic rings. The first-order valence-electron chi connectivity index (χ1n) is 12.0. The van der Waals surface area contributed by atoms with Crippen LogP contribution in [0.15, 0.2) is 72.8 Å². The summed E-state index contributed by atoms with van der Waals surface area (Å²) in [5.74, 6) is 0.348. The van der Waals surface area contributed by atoms with Gasteiger partial charge < -0.3 is 14.4 Å². The van der Waals surface area contributed by atoms with E-state index in [9.17, 15) is 9.59 Å². The molecule has 2 amide bonds. The Morgan fingerprint density at radius 3 is 2.39 bits per heavy atom. The van der Waals surface area contributed by atoms with Crippen molar-refractivity contribution in [3.05, 3.63) is 94.5 Å². The van der Waals surface area contributed by atoms with Crippen LogP contribution in [0.25, 0.3) is 0 Å². The average molecular weight is 507 g/mol. The van der Waals surface area contributed by atoms with E-state index in [1.54, 1.807) is 28.0 Å². The largest absolute Gasteiger partial charge is 0.489 e. The number of fused-ring (bicyclic) bond motifs is 1. The second kappa shape index (κ2) is 10.6. The van der Waals surface area contributed by atoms with Gasteiger partial charge in [-0.25, -0.2) is 4.79 Å². The fourth-order valence-electron chi connectivity index (χ4n) is 4.11.